The summed E-state index contributed by atoms with van der Waals surface area (Å²) in [6.45, 7) is 3.33. The van der Waals surface area contributed by atoms with Crippen LogP contribution in [0.3, 0.4) is 0 Å². The Kier molecular flexibility index (Phi) is 4.88. The molecule has 1 aliphatic heterocycles. The first kappa shape index (κ1) is 15.8. The molecule has 1 heterocycles. The predicted molar refractivity (Wildman–Crippen MR) is 74.4 cm³/mol. The molecule has 116 valence electrons. The summed E-state index contributed by atoms with van der Waals surface area (Å²) in [5.41, 5.74) is -0.940. The minimum Gasteiger partial charge on any atom is -0.323 e. The number of amides is 1. The number of nitrogens with one attached hydrogen (secondary N) is 2. The summed E-state index contributed by atoms with van der Waals surface area (Å²) in [5.74, 6) is -4.55. The van der Waals surface area contributed by atoms with Crippen LogP contribution >= 0.6 is 0 Å². The zero-order valence-corrected chi connectivity index (χ0v) is 11.9. The summed E-state index contributed by atoms with van der Waals surface area (Å²) >= 11 is 0. The van der Waals surface area contributed by atoms with Crippen molar-refractivity contribution in [3.63, 3.8) is 0 Å². The van der Waals surface area contributed by atoms with Crippen molar-refractivity contribution in [1.82, 2.24) is 5.32 Å². The van der Waals surface area contributed by atoms with Crippen LogP contribution in [0.15, 0.2) is 12.1 Å². The second-order valence-corrected chi connectivity index (χ2v) is 5.49. The minimum absolute atomic E-state index is 0.319. The Morgan fingerprint density at radius 3 is 2.71 bits per heavy atom. The zero-order chi connectivity index (χ0) is 15.5. The first-order valence-corrected chi connectivity index (χ1v) is 7.16. The van der Waals surface area contributed by atoms with Gasteiger partial charge in [0.25, 0.3) is 0 Å². The second-order valence-electron chi connectivity index (χ2n) is 5.49. The molecule has 6 heteroatoms. The zero-order valence-electron chi connectivity index (χ0n) is 11.9. The molecule has 1 amide bonds. The van der Waals surface area contributed by atoms with Crippen molar-refractivity contribution in [2.45, 2.75) is 32.6 Å². The Hall–Kier alpha value is -1.56. The van der Waals surface area contributed by atoms with Gasteiger partial charge in [0.05, 0.1) is 11.1 Å². The smallest absolute Gasteiger partial charge is 0.231 e. The van der Waals surface area contributed by atoms with Gasteiger partial charge in [-0.25, -0.2) is 13.2 Å². The molecule has 0 radical (unpaired) electrons. The van der Waals surface area contributed by atoms with Crippen molar-refractivity contribution in [2.24, 2.45) is 5.41 Å². The summed E-state index contributed by atoms with van der Waals surface area (Å²) in [6, 6.07) is 1.85. The Balaban J connectivity index is 2.21. The van der Waals surface area contributed by atoms with E-state index in [1.165, 1.54) is 0 Å². The highest BCUT2D eigenvalue weighted by molar-refractivity contribution is 5.95. The van der Waals surface area contributed by atoms with Crippen molar-refractivity contribution >= 4 is 11.6 Å². The van der Waals surface area contributed by atoms with Crippen molar-refractivity contribution in [3.05, 3.63) is 29.6 Å². The van der Waals surface area contributed by atoms with Crippen LogP contribution in [0.25, 0.3) is 0 Å². The maximum Gasteiger partial charge on any atom is 0.231 e. The van der Waals surface area contributed by atoms with Crippen molar-refractivity contribution in [3.8, 4) is 0 Å². The van der Waals surface area contributed by atoms with Crippen LogP contribution in [0, 0.1) is 22.9 Å². The van der Waals surface area contributed by atoms with Crippen molar-refractivity contribution < 1.29 is 18.0 Å². The maximum absolute atomic E-state index is 13.7. The molecule has 1 fully saturated rings. The van der Waals surface area contributed by atoms with Crippen LogP contribution in [0.4, 0.5) is 18.9 Å². The molecule has 0 aliphatic carbocycles. The van der Waals surface area contributed by atoms with Gasteiger partial charge in [-0.1, -0.05) is 13.3 Å². The topological polar surface area (TPSA) is 41.1 Å². The number of benzene rings is 1. The Labute approximate surface area is 121 Å². The number of hydrogen-bond donors (Lipinski definition) is 2. The van der Waals surface area contributed by atoms with Gasteiger partial charge in [-0.3, -0.25) is 4.79 Å². The molecule has 3 nitrogen and oxygen atoms in total. The van der Waals surface area contributed by atoms with Crippen LogP contribution in [-0.2, 0) is 4.79 Å². The van der Waals surface area contributed by atoms with Gasteiger partial charge in [0.1, 0.15) is 0 Å². The van der Waals surface area contributed by atoms with E-state index in [0.29, 0.717) is 19.4 Å². The van der Waals surface area contributed by atoms with E-state index < -0.39 is 22.9 Å². The summed E-state index contributed by atoms with van der Waals surface area (Å²) < 4.78 is 39.8. The van der Waals surface area contributed by atoms with Gasteiger partial charge in [-0.05, 0) is 37.9 Å². The van der Waals surface area contributed by atoms with Crippen LogP contribution in [-0.4, -0.2) is 19.0 Å². The lowest BCUT2D eigenvalue weighted by molar-refractivity contribution is -0.127. The van der Waals surface area contributed by atoms with Crippen molar-refractivity contribution in [2.75, 3.05) is 18.4 Å². The minimum atomic E-state index is -1.57. The van der Waals surface area contributed by atoms with E-state index in [4.69, 9.17) is 0 Å². The molecule has 0 saturated carbocycles. The number of rotatable bonds is 4. The molecule has 21 heavy (non-hydrogen) atoms. The number of halogens is 3. The highest BCUT2D eigenvalue weighted by Gasteiger charge is 2.39. The Morgan fingerprint density at radius 2 is 2.10 bits per heavy atom. The molecule has 1 atom stereocenters. The number of carbonyl (C=O) groups excluding carboxylic acids is 1. The molecule has 1 unspecified atom stereocenters. The highest BCUT2D eigenvalue weighted by atomic mass is 19.2. The monoisotopic (exact) mass is 300 g/mol. The molecule has 0 bridgehead atoms. The van der Waals surface area contributed by atoms with E-state index in [1.54, 1.807) is 0 Å². The van der Waals surface area contributed by atoms with E-state index in [1.807, 2.05) is 6.92 Å². The summed E-state index contributed by atoms with van der Waals surface area (Å²) in [4.78, 5) is 12.5. The molecular weight excluding hydrogens is 281 g/mol. The van der Waals surface area contributed by atoms with Crippen LogP contribution < -0.4 is 10.6 Å². The van der Waals surface area contributed by atoms with E-state index in [2.05, 4.69) is 10.6 Å². The highest BCUT2D eigenvalue weighted by Crippen LogP contribution is 2.33. The predicted octanol–water partition coefficient (Wildman–Crippen LogP) is 3.21. The molecule has 0 spiro atoms. The normalized spacial score (nSPS) is 22.1. The maximum atomic E-state index is 13.7. The molecule has 2 N–H and O–H groups in total. The Morgan fingerprint density at radius 1 is 1.33 bits per heavy atom. The lowest BCUT2D eigenvalue weighted by Crippen LogP contribution is -2.48. The van der Waals surface area contributed by atoms with E-state index in [-0.39, 0.29) is 11.6 Å². The Bertz CT molecular complexity index is 522. The lowest BCUT2D eigenvalue weighted by atomic mass is 9.76. The molecule has 1 aliphatic rings. The number of anilines is 1. The molecule has 2 rings (SSSR count). The van der Waals surface area contributed by atoms with Gasteiger partial charge in [0.2, 0.25) is 5.91 Å². The first-order valence-electron chi connectivity index (χ1n) is 7.16. The van der Waals surface area contributed by atoms with Crippen LogP contribution in [0.1, 0.15) is 32.6 Å². The van der Waals surface area contributed by atoms with Gasteiger partial charge in [-0.15, -0.1) is 0 Å². The second kappa shape index (κ2) is 6.47. The fraction of sp³-hybridized carbons (Fsp3) is 0.533. The standard InChI is InChI=1S/C15H19F3N2O/c1-2-6-15(7-3-8-19-9-15)14(21)20-11-5-4-10(16)12(17)13(11)18/h4-5,19H,2-3,6-9H2,1H3,(H,20,21). The summed E-state index contributed by atoms with van der Waals surface area (Å²) in [5, 5.41) is 5.59. The van der Waals surface area contributed by atoms with Crippen LogP contribution in [0.5, 0.6) is 0 Å². The fourth-order valence-electron chi connectivity index (χ4n) is 2.84. The lowest BCUT2D eigenvalue weighted by Gasteiger charge is -2.36. The molecule has 1 aromatic rings. The van der Waals surface area contributed by atoms with Gasteiger partial charge in [0, 0.05) is 6.54 Å². The van der Waals surface area contributed by atoms with Gasteiger partial charge >= 0.3 is 0 Å². The van der Waals surface area contributed by atoms with Crippen molar-refractivity contribution in [1.29, 1.82) is 0 Å². The first-order chi connectivity index (χ1) is 10.00. The van der Waals surface area contributed by atoms with E-state index >= 15 is 0 Å². The van der Waals surface area contributed by atoms with Crippen LogP contribution in [0.2, 0.25) is 0 Å². The van der Waals surface area contributed by atoms with E-state index in [0.717, 1.165) is 31.5 Å². The fourth-order valence-corrected chi connectivity index (χ4v) is 2.84. The van der Waals surface area contributed by atoms with E-state index in [9.17, 15) is 18.0 Å². The number of hydrogen-bond acceptors (Lipinski definition) is 2. The summed E-state index contributed by atoms with van der Waals surface area (Å²) in [7, 11) is 0. The molecule has 1 saturated heterocycles. The quantitative estimate of drug-likeness (QED) is 0.838. The number of carbonyl (C=O) groups is 1. The van der Waals surface area contributed by atoms with Gasteiger partial charge in [0.15, 0.2) is 17.5 Å². The third kappa shape index (κ3) is 3.20. The SMILES string of the molecule is CCCC1(C(=O)Nc2ccc(F)c(F)c2F)CCCNC1. The average Bonchev–Trinajstić information content (AvgIpc) is 2.49. The third-order valence-corrected chi connectivity index (χ3v) is 3.97. The summed E-state index contributed by atoms with van der Waals surface area (Å²) in [6.07, 6.45) is 3.03. The van der Waals surface area contributed by atoms with Gasteiger partial charge in [-0.2, -0.15) is 0 Å². The number of piperidine rings is 1. The largest absolute Gasteiger partial charge is 0.323 e. The molecule has 1 aromatic carbocycles. The van der Waals surface area contributed by atoms with Gasteiger partial charge < -0.3 is 10.6 Å². The third-order valence-electron chi connectivity index (χ3n) is 3.97. The molecule has 0 aromatic heterocycles. The average molecular weight is 300 g/mol. The molecular formula is C15H19F3N2O.